The van der Waals surface area contributed by atoms with Crippen molar-refractivity contribution in [2.75, 3.05) is 6.61 Å². The molecule has 1 aromatic heterocycles. The van der Waals surface area contributed by atoms with E-state index in [0.717, 1.165) is 11.1 Å². The van der Waals surface area contributed by atoms with Gasteiger partial charge in [0.1, 0.15) is 17.2 Å². The van der Waals surface area contributed by atoms with Gasteiger partial charge in [-0.25, -0.2) is 0 Å². The molecule has 0 fully saturated rings. The number of rotatable bonds is 5. The van der Waals surface area contributed by atoms with E-state index in [4.69, 9.17) is 19.9 Å². The van der Waals surface area contributed by atoms with E-state index >= 15 is 0 Å². The number of nitrogens with two attached hydrogens (primary N) is 1. The summed E-state index contributed by atoms with van der Waals surface area (Å²) >= 11 is 0. The highest BCUT2D eigenvalue weighted by molar-refractivity contribution is 6.15. The van der Waals surface area contributed by atoms with Crippen LogP contribution in [0, 0.1) is 0 Å². The number of Topliss-reactive ketones (excluding diaryl/α,β-unsaturated/α-hetero) is 1. The van der Waals surface area contributed by atoms with E-state index in [2.05, 4.69) is 4.98 Å². The first-order valence-corrected chi connectivity index (χ1v) is 10.2. The molecule has 2 N–H and O–H groups in total. The molecule has 0 aliphatic carbocycles. The van der Waals surface area contributed by atoms with E-state index in [1.54, 1.807) is 54.9 Å². The summed E-state index contributed by atoms with van der Waals surface area (Å²) in [6.45, 7) is -0.262. The summed E-state index contributed by atoms with van der Waals surface area (Å²) in [5, 5.41) is 0. The lowest BCUT2D eigenvalue weighted by atomic mass is 9.84. The first-order chi connectivity index (χ1) is 16.0. The molecule has 2 aliphatic rings. The Morgan fingerprint density at radius 2 is 2.03 bits per heavy atom. The third-order valence-corrected chi connectivity index (χ3v) is 5.40. The molecule has 5 rings (SSSR count). The van der Waals surface area contributed by atoms with Gasteiger partial charge in [-0.1, -0.05) is 18.2 Å². The van der Waals surface area contributed by atoms with Crippen molar-refractivity contribution in [3.63, 3.8) is 0 Å². The number of amides is 1. The standard InChI is InChI=1S/C25H18N2O6/c26-21(28)13-31-16-5-1-4-15(10-16)18-11-22(29)32-19-7-6-17-24(30)20(33-25(17)23(18)19)9-14-3-2-8-27-12-14/h1-10,12,18H,11,13H2,(H2,26,28)/b20-9-. The number of esters is 1. The van der Waals surface area contributed by atoms with E-state index in [9.17, 15) is 14.4 Å². The molecule has 8 nitrogen and oxygen atoms in total. The number of nitrogens with zero attached hydrogens (tertiary/aromatic N) is 1. The van der Waals surface area contributed by atoms with Crippen LogP contribution in [0.3, 0.4) is 0 Å². The Hall–Kier alpha value is -4.46. The van der Waals surface area contributed by atoms with E-state index in [-0.39, 0.29) is 24.6 Å². The molecule has 164 valence electrons. The molecule has 0 saturated carbocycles. The monoisotopic (exact) mass is 442 g/mol. The minimum absolute atomic E-state index is 0.0575. The maximum atomic E-state index is 13.0. The van der Waals surface area contributed by atoms with Crippen LogP contribution in [0.2, 0.25) is 0 Å². The van der Waals surface area contributed by atoms with Gasteiger partial charge in [-0.2, -0.15) is 0 Å². The Balaban J connectivity index is 1.56. The number of allylic oxidation sites excluding steroid dienone is 1. The van der Waals surface area contributed by atoms with E-state index < -0.39 is 17.8 Å². The van der Waals surface area contributed by atoms with Gasteiger partial charge in [0.25, 0.3) is 5.91 Å². The quantitative estimate of drug-likeness (QED) is 0.367. The van der Waals surface area contributed by atoms with Crippen LogP contribution in [0.25, 0.3) is 6.08 Å². The molecule has 0 radical (unpaired) electrons. The number of hydrogen-bond acceptors (Lipinski definition) is 7. The number of ketones is 1. The van der Waals surface area contributed by atoms with Crippen molar-refractivity contribution in [3.05, 3.63) is 88.9 Å². The number of ether oxygens (including phenoxy) is 3. The molecule has 2 aliphatic heterocycles. The van der Waals surface area contributed by atoms with Crippen LogP contribution in [0.5, 0.6) is 17.2 Å². The smallest absolute Gasteiger partial charge is 0.312 e. The molecule has 8 heteroatoms. The summed E-state index contributed by atoms with van der Waals surface area (Å²) in [7, 11) is 0. The van der Waals surface area contributed by atoms with Gasteiger partial charge >= 0.3 is 5.97 Å². The number of fused-ring (bicyclic) bond motifs is 3. The number of hydrogen-bond donors (Lipinski definition) is 1. The molecule has 1 atom stereocenters. The summed E-state index contributed by atoms with van der Waals surface area (Å²) in [6.07, 6.45) is 4.96. The Bertz CT molecular complexity index is 1320. The molecule has 0 bridgehead atoms. The van der Waals surface area contributed by atoms with Crippen LogP contribution in [0.1, 0.15) is 39.4 Å². The van der Waals surface area contributed by atoms with Crippen molar-refractivity contribution in [3.8, 4) is 17.2 Å². The van der Waals surface area contributed by atoms with Gasteiger partial charge in [0.15, 0.2) is 12.4 Å². The van der Waals surface area contributed by atoms with Crippen molar-refractivity contribution in [1.29, 1.82) is 0 Å². The third-order valence-electron chi connectivity index (χ3n) is 5.40. The third kappa shape index (κ3) is 3.94. The summed E-state index contributed by atoms with van der Waals surface area (Å²) in [4.78, 5) is 40.5. The highest BCUT2D eigenvalue weighted by atomic mass is 16.5. The van der Waals surface area contributed by atoms with Gasteiger partial charge in [-0.15, -0.1) is 0 Å². The molecule has 3 aromatic rings. The molecule has 33 heavy (non-hydrogen) atoms. The second-order valence-electron chi connectivity index (χ2n) is 7.64. The SMILES string of the molecule is NC(=O)COc1cccc(C2CC(=O)Oc3ccc4c(c32)O/C(=C\c2cccnc2)C4=O)c1. The normalized spacial score (nSPS) is 17.7. The number of aromatic nitrogens is 1. The molecule has 1 amide bonds. The fourth-order valence-corrected chi connectivity index (χ4v) is 3.98. The van der Waals surface area contributed by atoms with E-state index in [0.29, 0.717) is 28.4 Å². The van der Waals surface area contributed by atoms with Gasteiger partial charge in [-0.05, 0) is 47.5 Å². The van der Waals surface area contributed by atoms with Crippen molar-refractivity contribution >= 4 is 23.7 Å². The predicted octanol–water partition coefficient (Wildman–Crippen LogP) is 3.00. The Kier molecular flexibility index (Phi) is 5.10. The van der Waals surface area contributed by atoms with Crippen LogP contribution in [-0.2, 0) is 9.59 Å². The first-order valence-electron chi connectivity index (χ1n) is 10.2. The second kappa shape index (κ2) is 8.23. The van der Waals surface area contributed by atoms with Crippen LogP contribution >= 0.6 is 0 Å². The molecule has 1 unspecified atom stereocenters. The Morgan fingerprint density at radius 3 is 2.82 bits per heavy atom. The van der Waals surface area contributed by atoms with Gasteiger partial charge in [-0.3, -0.25) is 19.4 Å². The zero-order valence-corrected chi connectivity index (χ0v) is 17.3. The summed E-state index contributed by atoms with van der Waals surface area (Å²) in [6, 6.07) is 13.8. The van der Waals surface area contributed by atoms with Crippen molar-refractivity contribution in [2.24, 2.45) is 5.73 Å². The lowest BCUT2D eigenvalue weighted by molar-refractivity contribution is -0.135. The molecule has 0 saturated heterocycles. The largest absolute Gasteiger partial charge is 0.484 e. The number of pyridine rings is 1. The van der Waals surface area contributed by atoms with Crippen LogP contribution in [-0.4, -0.2) is 29.3 Å². The average Bonchev–Trinajstić information content (AvgIpc) is 3.13. The zero-order chi connectivity index (χ0) is 22.9. The van der Waals surface area contributed by atoms with Gasteiger partial charge in [0.2, 0.25) is 5.78 Å². The fraction of sp³-hybridized carbons (Fsp3) is 0.120. The van der Waals surface area contributed by atoms with Crippen molar-refractivity contribution < 1.29 is 28.6 Å². The zero-order valence-electron chi connectivity index (χ0n) is 17.3. The highest BCUT2D eigenvalue weighted by Gasteiger charge is 2.38. The van der Waals surface area contributed by atoms with Crippen LogP contribution in [0.4, 0.5) is 0 Å². The summed E-state index contributed by atoms with van der Waals surface area (Å²) < 4.78 is 16.9. The van der Waals surface area contributed by atoms with E-state index in [1.807, 2.05) is 12.1 Å². The molecular formula is C25H18N2O6. The van der Waals surface area contributed by atoms with Crippen molar-refractivity contribution in [1.82, 2.24) is 4.98 Å². The minimum Gasteiger partial charge on any atom is -0.484 e. The second-order valence-corrected chi connectivity index (χ2v) is 7.64. The maximum Gasteiger partial charge on any atom is 0.312 e. The lowest BCUT2D eigenvalue weighted by Gasteiger charge is -2.26. The predicted molar refractivity (Wildman–Crippen MR) is 117 cm³/mol. The topological polar surface area (TPSA) is 118 Å². The van der Waals surface area contributed by atoms with E-state index in [1.165, 1.54) is 0 Å². The number of primary amides is 1. The molecule has 0 spiro atoms. The van der Waals surface area contributed by atoms with Gasteiger partial charge in [0, 0.05) is 23.9 Å². The maximum absolute atomic E-state index is 13.0. The minimum atomic E-state index is -0.593. The van der Waals surface area contributed by atoms with Gasteiger partial charge < -0.3 is 19.9 Å². The lowest BCUT2D eigenvalue weighted by Crippen LogP contribution is -2.22. The van der Waals surface area contributed by atoms with Crippen LogP contribution < -0.4 is 19.9 Å². The highest BCUT2D eigenvalue weighted by Crippen LogP contribution is 2.49. The Morgan fingerprint density at radius 1 is 1.15 bits per heavy atom. The number of carbonyl (C=O) groups excluding carboxylic acids is 3. The number of benzene rings is 2. The first kappa shape index (κ1) is 20.4. The molecular weight excluding hydrogens is 424 g/mol. The fourth-order valence-electron chi connectivity index (χ4n) is 3.98. The van der Waals surface area contributed by atoms with Crippen LogP contribution in [0.15, 0.2) is 66.7 Å². The number of carbonyl (C=O) groups is 3. The van der Waals surface area contributed by atoms with Crippen molar-refractivity contribution in [2.45, 2.75) is 12.3 Å². The summed E-state index contributed by atoms with van der Waals surface area (Å²) in [5.74, 6) is -0.364. The van der Waals surface area contributed by atoms with Gasteiger partial charge in [0.05, 0.1) is 12.0 Å². The Labute approximate surface area is 188 Å². The summed E-state index contributed by atoms with van der Waals surface area (Å²) in [5.41, 5.74) is 7.65. The average molecular weight is 442 g/mol. The molecule has 3 heterocycles. The molecule has 2 aromatic carbocycles.